The molecule has 0 fully saturated rings. The Morgan fingerprint density at radius 3 is 2.22 bits per heavy atom. The molecule has 0 radical (unpaired) electrons. The van der Waals surface area contributed by atoms with Crippen molar-refractivity contribution in [2.75, 3.05) is 19.0 Å². The van der Waals surface area contributed by atoms with Gasteiger partial charge in [-0.15, -0.1) is 0 Å². The average molecular weight is 239 g/mol. The van der Waals surface area contributed by atoms with Gasteiger partial charge in [0, 0.05) is 19.8 Å². The van der Waals surface area contributed by atoms with Crippen LogP contribution in [0.4, 0.5) is 5.69 Å². The third-order valence-electron chi connectivity index (χ3n) is 3.29. The second-order valence-electron chi connectivity index (χ2n) is 5.07. The molecule has 0 saturated heterocycles. The molecule has 1 heteroatoms. The van der Waals surface area contributed by atoms with Crippen molar-refractivity contribution in [3.05, 3.63) is 59.2 Å². The minimum Gasteiger partial charge on any atom is -0.378 e. The second-order valence-corrected chi connectivity index (χ2v) is 5.07. The molecule has 2 rings (SSSR count). The van der Waals surface area contributed by atoms with Gasteiger partial charge in [-0.05, 0) is 43.0 Å². The van der Waals surface area contributed by atoms with Gasteiger partial charge in [-0.3, -0.25) is 0 Å². The lowest BCUT2D eigenvalue weighted by molar-refractivity contribution is 0.928. The van der Waals surface area contributed by atoms with Gasteiger partial charge in [-0.2, -0.15) is 0 Å². The zero-order chi connectivity index (χ0) is 13.0. The number of nitrogens with zero attached hydrogens (tertiary/aromatic N) is 1. The van der Waals surface area contributed by atoms with E-state index in [4.69, 9.17) is 0 Å². The van der Waals surface area contributed by atoms with Crippen LogP contribution in [0.25, 0.3) is 6.08 Å². The quantitative estimate of drug-likeness (QED) is 0.754. The summed E-state index contributed by atoms with van der Waals surface area (Å²) in [7, 11) is 4.12. The molecule has 0 unspecified atom stereocenters. The van der Waals surface area contributed by atoms with Crippen molar-refractivity contribution in [2.24, 2.45) is 0 Å². The fraction of sp³-hybridized carbons (Fsp3) is 0.294. The highest BCUT2D eigenvalue weighted by Crippen LogP contribution is 2.20. The molecule has 0 bridgehead atoms. The van der Waals surface area contributed by atoms with Crippen molar-refractivity contribution in [1.82, 2.24) is 0 Å². The van der Waals surface area contributed by atoms with Gasteiger partial charge < -0.3 is 4.90 Å². The Labute approximate surface area is 110 Å². The predicted molar refractivity (Wildman–Crippen MR) is 80.9 cm³/mol. The minimum absolute atomic E-state index is 1.16. The SMILES string of the molecule is CC1=CC=C(/C=C/c2ccc(N(C)C)cc2)CC1. The summed E-state index contributed by atoms with van der Waals surface area (Å²) >= 11 is 0. The molecule has 94 valence electrons. The van der Waals surface area contributed by atoms with Crippen molar-refractivity contribution in [1.29, 1.82) is 0 Å². The van der Waals surface area contributed by atoms with Gasteiger partial charge in [0.1, 0.15) is 0 Å². The van der Waals surface area contributed by atoms with E-state index in [1.807, 2.05) is 0 Å². The van der Waals surface area contributed by atoms with Crippen LogP contribution >= 0.6 is 0 Å². The number of allylic oxidation sites excluding steroid dienone is 5. The highest BCUT2D eigenvalue weighted by Gasteiger charge is 1.99. The molecule has 0 atom stereocenters. The van der Waals surface area contributed by atoms with Crippen LogP contribution in [0.3, 0.4) is 0 Å². The van der Waals surface area contributed by atoms with E-state index < -0.39 is 0 Å². The fourth-order valence-corrected chi connectivity index (χ4v) is 1.98. The summed E-state index contributed by atoms with van der Waals surface area (Å²) in [5.41, 5.74) is 5.38. The third-order valence-corrected chi connectivity index (χ3v) is 3.29. The zero-order valence-electron chi connectivity index (χ0n) is 11.5. The number of benzene rings is 1. The number of hydrogen-bond acceptors (Lipinski definition) is 1. The number of hydrogen-bond donors (Lipinski definition) is 0. The predicted octanol–water partition coefficient (Wildman–Crippen LogP) is 4.43. The lowest BCUT2D eigenvalue weighted by atomic mass is 9.99. The molecule has 0 saturated carbocycles. The van der Waals surface area contributed by atoms with Crippen LogP contribution in [0.1, 0.15) is 25.3 Å². The molecular weight excluding hydrogens is 218 g/mol. The standard InChI is InChI=1S/C17H21N/c1-14-4-6-15(7-5-14)8-9-16-10-12-17(13-11-16)18(2)3/h4,6,8-13H,5,7H2,1-3H3/b9-8+. The monoisotopic (exact) mass is 239 g/mol. The molecular formula is C17H21N. The van der Waals surface area contributed by atoms with E-state index in [9.17, 15) is 0 Å². The van der Waals surface area contributed by atoms with Crippen LogP contribution < -0.4 is 4.90 Å². The molecule has 0 heterocycles. The molecule has 0 N–H and O–H groups in total. The Kier molecular flexibility index (Phi) is 4.03. The first-order chi connectivity index (χ1) is 8.65. The summed E-state index contributed by atoms with van der Waals surface area (Å²) in [6, 6.07) is 8.63. The lowest BCUT2D eigenvalue weighted by Crippen LogP contribution is -2.07. The van der Waals surface area contributed by atoms with Gasteiger partial charge >= 0.3 is 0 Å². The molecule has 1 aliphatic rings. The normalized spacial score (nSPS) is 15.5. The summed E-state index contributed by atoms with van der Waals surface area (Å²) < 4.78 is 0. The maximum absolute atomic E-state index is 2.23. The largest absolute Gasteiger partial charge is 0.378 e. The average Bonchev–Trinajstić information content (AvgIpc) is 2.38. The Bertz CT molecular complexity index is 487. The second kappa shape index (κ2) is 5.72. The third kappa shape index (κ3) is 3.36. The van der Waals surface area contributed by atoms with E-state index in [1.54, 1.807) is 0 Å². The Balaban J connectivity index is 2.05. The van der Waals surface area contributed by atoms with Gasteiger partial charge in [0.25, 0.3) is 0 Å². The molecule has 0 spiro atoms. The van der Waals surface area contributed by atoms with Crippen molar-refractivity contribution in [3.63, 3.8) is 0 Å². The van der Waals surface area contributed by atoms with Gasteiger partial charge in [0.15, 0.2) is 0 Å². The first kappa shape index (κ1) is 12.7. The molecule has 1 aromatic rings. The van der Waals surface area contributed by atoms with Crippen molar-refractivity contribution < 1.29 is 0 Å². The number of anilines is 1. The molecule has 1 aliphatic carbocycles. The van der Waals surface area contributed by atoms with Crippen molar-refractivity contribution in [2.45, 2.75) is 19.8 Å². The molecule has 1 nitrogen and oxygen atoms in total. The summed E-state index contributed by atoms with van der Waals surface area (Å²) in [6.07, 6.45) is 11.2. The van der Waals surface area contributed by atoms with Gasteiger partial charge in [-0.1, -0.05) is 42.0 Å². The van der Waals surface area contributed by atoms with E-state index in [2.05, 4.69) is 74.5 Å². The van der Waals surface area contributed by atoms with E-state index in [-0.39, 0.29) is 0 Å². The van der Waals surface area contributed by atoms with E-state index in [0.717, 1.165) is 6.42 Å². The Morgan fingerprint density at radius 2 is 1.67 bits per heavy atom. The zero-order valence-corrected chi connectivity index (χ0v) is 11.5. The van der Waals surface area contributed by atoms with Crippen LogP contribution in [0.2, 0.25) is 0 Å². The topological polar surface area (TPSA) is 3.24 Å². The Hall–Kier alpha value is -1.76. The van der Waals surface area contributed by atoms with Crippen molar-refractivity contribution >= 4 is 11.8 Å². The van der Waals surface area contributed by atoms with E-state index >= 15 is 0 Å². The fourth-order valence-electron chi connectivity index (χ4n) is 1.98. The molecule has 18 heavy (non-hydrogen) atoms. The molecule has 0 aliphatic heterocycles. The first-order valence-corrected chi connectivity index (χ1v) is 6.47. The summed E-state index contributed by atoms with van der Waals surface area (Å²) in [5, 5.41) is 0. The molecule has 0 aromatic heterocycles. The van der Waals surface area contributed by atoms with E-state index in [0.29, 0.717) is 0 Å². The molecule has 1 aromatic carbocycles. The first-order valence-electron chi connectivity index (χ1n) is 6.47. The summed E-state index contributed by atoms with van der Waals surface area (Å²) in [5.74, 6) is 0. The van der Waals surface area contributed by atoms with Crippen LogP contribution in [0, 0.1) is 0 Å². The Morgan fingerprint density at radius 1 is 0.944 bits per heavy atom. The van der Waals surface area contributed by atoms with Crippen LogP contribution in [0.5, 0.6) is 0 Å². The van der Waals surface area contributed by atoms with Crippen LogP contribution in [-0.2, 0) is 0 Å². The van der Waals surface area contributed by atoms with Gasteiger partial charge in [-0.25, -0.2) is 0 Å². The molecule has 0 amide bonds. The maximum atomic E-state index is 2.23. The van der Waals surface area contributed by atoms with Crippen LogP contribution in [0.15, 0.2) is 53.6 Å². The van der Waals surface area contributed by atoms with Crippen molar-refractivity contribution in [3.8, 4) is 0 Å². The minimum atomic E-state index is 1.16. The van der Waals surface area contributed by atoms with Crippen LogP contribution in [-0.4, -0.2) is 14.1 Å². The maximum Gasteiger partial charge on any atom is 0.0361 e. The highest BCUT2D eigenvalue weighted by molar-refractivity contribution is 5.57. The summed E-state index contributed by atoms with van der Waals surface area (Å²) in [6.45, 7) is 2.19. The van der Waals surface area contributed by atoms with Gasteiger partial charge in [0.2, 0.25) is 0 Å². The lowest BCUT2D eigenvalue weighted by Gasteiger charge is -2.12. The van der Waals surface area contributed by atoms with E-state index in [1.165, 1.54) is 28.8 Å². The number of rotatable bonds is 3. The smallest absolute Gasteiger partial charge is 0.0361 e. The van der Waals surface area contributed by atoms with Gasteiger partial charge in [0.05, 0.1) is 0 Å². The summed E-state index contributed by atoms with van der Waals surface area (Å²) in [4.78, 5) is 2.12. The highest BCUT2D eigenvalue weighted by atomic mass is 15.1.